The zero-order chi connectivity index (χ0) is 13.6. The molecule has 0 bridgehead atoms. The van der Waals surface area contributed by atoms with Crippen LogP contribution in [-0.2, 0) is 4.74 Å². The molecule has 1 unspecified atom stereocenters. The van der Waals surface area contributed by atoms with Crippen molar-refractivity contribution < 1.29 is 19.7 Å². The summed E-state index contributed by atoms with van der Waals surface area (Å²) in [4.78, 5) is 15.4. The molecule has 0 fully saturated rings. The van der Waals surface area contributed by atoms with Crippen LogP contribution < -0.4 is 5.32 Å². The fourth-order valence-electron chi connectivity index (χ4n) is 1.17. The van der Waals surface area contributed by atoms with Crippen molar-refractivity contribution in [2.75, 3.05) is 25.1 Å². The number of aliphatic hydroxyl groups excluding tert-OH is 1. The average Bonchev–Trinajstić information content (AvgIpc) is 2.37. The first-order chi connectivity index (χ1) is 8.48. The van der Waals surface area contributed by atoms with E-state index in [0.29, 0.717) is 18.0 Å². The fraction of sp³-hybridized carbons (Fsp3) is 0.500. The average molecular weight is 254 g/mol. The molecule has 3 N–H and O–H groups in total. The summed E-state index contributed by atoms with van der Waals surface area (Å²) >= 11 is 0. The zero-order valence-corrected chi connectivity index (χ0v) is 10.5. The van der Waals surface area contributed by atoms with E-state index in [-0.39, 0.29) is 13.2 Å². The van der Waals surface area contributed by atoms with Crippen molar-refractivity contribution >= 4 is 11.8 Å². The van der Waals surface area contributed by atoms with E-state index >= 15 is 0 Å². The van der Waals surface area contributed by atoms with Crippen molar-refractivity contribution in [2.24, 2.45) is 0 Å². The highest BCUT2D eigenvalue weighted by Crippen LogP contribution is 2.09. The van der Waals surface area contributed by atoms with Gasteiger partial charge in [-0.2, -0.15) is 0 Å². The van der Waals surface area contributed by atoms with Crippen LogP contribution >= 0.6 is 0 Å². The molecule has 0 aliphatic heterocycles. The molecule has 6 nitrogen and oxygen atoms in total. The molecule has 0 aliphatic rings. The van der Waals surface area contributed by atoms with Crippen LogP contribution in [0.1, 0.15) is 24.2 Å². The maximum absolute atomic E-state index is 11.4. The molecule has 1 rings (SSSR count). The number of hydrogen-bond acceptors (Lipinski definition) is 6. The Morgan fingerprint density at radius 1 is 1.56 bits per heavy atom. The van der Waals surface area contributed by atoms with E-state index in [1.165, 1.54) is 13.1 Å². The number of aromatic nitrogens is 1. The Hall–Kier alpha value is -1.66. The second-order valence-corrected chi connectivity index (χ2v) is 4.16. The number of carbonyl (C=O) groups excluding carboxylic acids is 1. The maximum atomic E-state index is 11.4. The first-order valence-electron chi connectivity index (χ1n) is 5.69. The molecule has 0 saturated heterocycles. The standard InChI is InChI=1S/C12H18N2O4/c1-3-18-11(16)9-4-5-10(13-6-9)14-7-12(2,17)8-15/h4-6,15,17H,3,7-8H2,1-2H3,(H,13,14). The Labute approximate surface area is 106 Å². The molecule has 0 amide bonds. The highest BCUT2D eigenvalue weighted by atomic mass is 16.5. The van der Waals surface area contributed by atoms with E-state index in [9.17, 15) is 9.90 Å². The molecule has 100 valence electrons. The number of aliphatic hydroxyl groups is 2. The molecule has 6 heteroatoms. The van der Waals surface area contributed by atoms with Crippen molar-refractivity contribution in [1.82, 2.24) is 4.98 Å². The molecule has 0 spiro atoms. The summed E-state index contributed by atoms with van der Waals surface area (Å²) in [6, 6.07) is 3.20. The number of pyridine rings is 1. The highest BCUT2D eigenvalue weighted by molar-refractivity contribution is 5.89. The van der Waals surface area contributed by atoms with Gasteiger partial charge in [0.05, 0.1) is 18.8 Å². The van der Waals surface area contributed by atoms with Crippen LogP contribution in [0.5, 0.6) is 0 Å². The van der Waals surface area contributed by atoms with Crippen molar-refractivity contribution in [1.29, 1.82) is 0 Å². The third-order valence-corrected chi connectivity index (χ3v) is 2.27. The van der Waals surface area contributed by atoms with Crippen LogP contribution in [0.2, 0.25) is 0 Å². The Kier molecular flexibility index (Phi) is 5.06. The first-order valence-corrected chi connectivity index (χ1v) is 5.69. The van der Waals surface area contributed by atoms with Crippen LogP contribution in [0.25, 0.3) is 0 Å². The largest absolute Gasteiger partial charge is 0.462 e. The number of nitrogens with zero attached hydrogens (tertiary/aromatic N) is 1. The zero-order valence-electron chi connectivity index (χ0n) is 10.5. The SMILES string of the molecule is CCOC(=O)c1ccc(NCC(C)(O)CO)nc1. The van der Waals surface area contributed by atoms with E-state index < -0.39 is 11.6 Å². The number of nitrogens with one attached hydrogen (secondary N) is 1. The second-order valence-electron chi connectivity index (χ2n) is 4.16. The van der Waals surface area contributed by atoms with E-state index in [1.54, 1.807) is 19.1 Å². The Morgan fingerprint density at radius 3 is 2.78 bits per heavy atom. The summed E-state index contributed by atoms with van der Waals surface area (Å²) in [6.45, 7) is 3.37. The Morgan fingerprint density at radius 2 is 2.28 bits per heavy atom. The lowest BCUT2D eigenvalue weighted by atomic mass is 10.1. The minimum absolute atomic E-state index is 0.162. The summed E-state index contributed by atoms with van der Waals surface area (Å²) in [5.74, 6) is 0.0932. The highest BCUT2D eigenvalue weighted by Gasteiger charge is 2.18. The van der Waals surface area contributed by atoms with E-state index in [4.69, 9.17) is 9.84 Å². The monoisotopic (exact) mass is 254 g/mol. The second kappa shape index (κ2) is 6.32. The van der Waals surface area contributed by atoms with Gasteiger partial charge in [0.2, 0.25) is 0 Å². The van der Waals surface area contributed by atoms with Gasteiger partial charge in [-0.3, -0.25) is 0 Å². The predicted molar refractivity (Wildman–Crippen MR) is 66.4 cm³/mol. The quantitative estimate of drug-likeness (QED) is 0.637. The third kappa shape index (κ3) is 4.31. The van der Waals surface area contributed by atoms with Gasteiger partial charge in [0.25, 0.3) is 0 Å². The number of esters is 1. The van der Waals surface area contributed by atoms with Crippen LogP contribution in [-0.4, -0.2) is 46.5 Å². The van der Waals surface area contributed by atoms with Crippen LogP contribution in [0, 0.1) is 0 Å². The summed E-state index contributed by atoms with van der Waals surface area (Å²) in [5.41, 5.74) is -0.835. The first kappa shape index (κ1) is 14.4. The predicted octanol–water partition coefficient (Wildman–Crippen LogP) is 0.413. The number of rotatable bonds is 6. The van der Waals surface area contributed by atoms with Crippen LogP contribution in [0.15, 0.2) is 18.3 Å². The van der Waals surface area contributed by atoms with Crippen LogP contribution in [0.3, 0.4) is 0 Å². The third-order valence-electron chi connectivity index (χ3n) is 2.27. The lowest BCUT2D eigenvalue weighted by Crippen LogP contribution is -2.37. The normalized spacial score (nSPS) is 13.8. The number of ether oxygens (including phenoxy) is 1. The molecule has 0 aliphatic carbocycles. The topological polar surface area (TPSA) is 91.7 Å². The van der Waals surface area contributed by atoms with Gasteiger partial charge in [0.1, 0.15) is 11.4 Å². The molecule has 1 atom stereocenters. The van der Waals surface area contributed by atoms with Gasteiger partial charge in [-0.15, -0.1) is 0 Å². The van der Waals surface area contributed by atoms with Gasteiger partial charge in [-0.25, -0.2) is 9.78 Å². The molecule has 0 aromatic carbocycles. The van der Waals surface area contributed by atoms with Crippen molar-refractivity contribution in [3.05, 3.63) is 23.9 Å². The Bertz CT molecular complexity index is 390. The number of hydrogen-bond donors (Lipinski definition) is 3. The molecule has 1 aromatic rings. The van der Waals surface area contributed by atoms with Crippen molar-refractivity contribution in [3.63, 3.8) is 0 Å². The van der Waals surface area contributed by atoms with Gasteiger partial charge >= 0.3 is 5.97 Å². The molecule has 18 heavy (non-hydrogen) atoms. The summed E-state index contributed by atoms with van der Waals surface area (Å²) in [6.07, 6.45) is 1.40. The van der Waals surface area contributed by atoms with Gasteiger partial charge < -0.3 is 20.3 Å². The minimum atomic E-state index is -1.21. The van der Waals surface area contributed by atoms with Gasteiger partial charge in [0, 0.05) is 12.7 Å². The summed E-state index contributed by atoms with van der Waals surface area (Å²) in [7, 11) is 0. The summed E-state index contributed by atoms with van der Waals surface area (Å²) < 4.78 is 4.83. The molecule has 1 heterocycles. The lowest BCUT2D eigenvalue weighted by molar-refractivity contribution is 0.0131. The number of carbonyl (C=O) groups is 1. The minimum Gasteiger partial charge on any atom is -0.462 e. The maximum Gasteiger partial charge on any atom is 0.339 e. The van der Waals surface area contributed by atoms with E-state index in [2.05, 4.69) is 10.3 Å². The van der Waals surface area contributed by atoms with Crippen molar-refractivity contribution in [2.45, 2.75) is 19.4 Å². The Balaban J connectivity index is 2.58. The van der Waals surface area contributed by atoms with Gasteiger partial charge in [-0.05, 0) is 26.0 Å². The molecule has 0 radical (unpaired) electrons. The summed E-state index contributed by atoms with van der Waals surface area (Å²) in [5, 5.41) is 21.3. The van der Waals surface area contributed by atoms with E-state index in [1.807, 2.05) is 0 Å². The molecule has 1 aromatic heterocycles. The molecular weight excluding hydrogens is 236 g/mol. The lowest BCUT2D eigenvalue weighted by Gasteiger charge is -2.20. The van der Waals surface area contributed by atoms with Gasteiger partial charge in [0.15, 0.2) is 0 Å². The van der Waals surface area contributed by atoms with Gasteiger partial charge in [-0.1, -0.05) is 0 Å². The fourth-order valence-corrected chi connectivity index (χ4v) is 1.17. The molecular formula is C12H18N2O4. The van der Waals surface area contributed by atoms with Crippen LogP contribution in [0.4, 0.5) is 5.82 Å². The number of anilines is 1. The van der Waals surface area contributed by atoms with E-state index in [0.717, 1.165) is 0 Å². The smallest absolute Gasteiger partial charge is 0.339 e. The van der Waals surface area contributed by atoms with Crippen molar-refractivity contribution in [3.8, 4) is 0 Å². The molecule has 0 saturated carbocycles.